The van der Waals surface area contributed by atoms with Gasteiger partial charge in [-0.2, -0.15) is 0 Å². The summed E-state index contributed by atoms with van der Waals surface area (Å²) in [4.78, 5) is 24.1. The lowest BCUT2D eigenvalue weighted by Crippen LogP contribution is -2.43. The summed E-state index contributed by atoms with van der Waals surface area (Å²) in [6.07, 6.45) is -0.754. The maximum Gasteiger partial charge on any atom is 0.261 e. The number of primary amides is 1. The zero-order valence-corrected chi connectivity index (χ0v) is 14.1. The molecule has 5 nitrogen and oxygen atoms in total. The maximum absolute atomic E-state index is 12.4. The Labute approximate surface area is 141 Å². The second-order valence-electron chi connectivity index (χ2n) is 5.71. The second kappa shape index (κ2) is 7.64. The van der Waals surface area contributed by atoms with Crippen molar-refractivity contribution < 1.29 is 14.3 Å². The average molecular weight is 326 g/mol. The van der Waals surface area contributed by atoms with Gasteiger partial charge >= 0.3 is 0 Å². The largest absolute Gasteiger partial charge is 0.481 e. The molecule has 0 bridgehead atoms. The number of nitrogens with two attached hydrogens (primary N) is 1. The fraction of sp³-hybridized carbons (Fsp3) is 0.263. The molecule has 0 aliphatic rings. The van der Waals surface area contributed by atoms with Gasteiger partial charge in [-0.3, -0.25) is 9.59 Å². The summed E-state index contributed by atoms with van der Waals surface area (Å²) in [6.45, 7) is 5.55. The smallest absolute Gasteiger partial charge is 0.261 e. The van der Waals surface area contributed by atoms with Gasteiger partial charge in [0.1, 0.15) is 11.8 Å². The highest BCUT2D eigenvalue weighted by Crippen LogP contribution is 2.22. The number of benzene rings is 2. The van der Waals surface area contributed by atoms with Crippen LogP contribution in [0.2, 0.25) is 0 Å². The molecule has 0 heterocycles. The molecular weight excluding hydrogens is 304 g/mol. The van der Waals surface area contributed by atoms with Crippen LogP contribution in [-0.2, 0) is 9.59 Å². The molecule has 3 N–H and O–H groups in total. The van der Waals surface area contributed by atoms with Crippen molar-refractivity contribution in [3.05, 3.63) is 65.2 Å². The van der Waals surface area contributed by atoms with Gasteiger partial charge in [0.2, 0.25) is 5.91 Å². The first-order valence-electron chi connectivity index (χ1n) is 7.77. The molecule has 126 valence electrons. The van der Waals surface area contributed by atoms with Crippen LogP contribution in [-0.4, -0.2) is 17.9 Å². The van der Waals surface area contributed by atoms with Crippen LogP contribution in [0.5, 0.6) is 5.75 Å². The van der Waals surface area contributed by atoms with E-state index < -0.39 is 24.0 Å². The highest BCUT2D eigenvalue weighted by Gasteiger charge is 2.24. The molecular formula is C19H22N2O3. The van der Waals surface area contributed by atoms with Crippen molar-refractivity contribution in [1.82, 2.24) is 5.32 Å². The molecule has 24 heavy (non-hydrogen) atoms. The third kappa shape index (κ3) is 4.13. The lowest BCUT2D eigenvalue weighted by molar-refractivity contribution is -0.131. The Bertz CT molecular complexity index is 729. The molecule has 0 aliphatic heterocycles. The summed E-state index contributed by atoms with van der Waals surface area (Å²) in [5.74, 6) is -0.370. The third-order valence-electron chi connectivity index (χ3n) is 3.93. The predicted octanol–water partition coefficient (Wildman–Crippen LogP) is 2.41. The summed E-state index contributed by atoms with van der Waals surface area (Å²) in [5.41, 5.74) is 8.12. The molecule has 5 heteroatoms. The van der Waals surface area contributed by atoms with Crippen LogP contribution in [0, 0.1) is 13.8 Å². The molecule has 0 saturated carbocycles. The summed E-state index contributed by atoms with van der Waals surface area (Å²) in [6, 6.07) is 13.7. The fourth-order valence-electron chi connectivity index (χ4n) is 2.32. The van der Waals surface area contributed by atoms with E-state index in [1.807, 2.05) is 38.1 Å². The summed E-state index contributed by atoms with van der Waals surface area (Å²) in [5, 5.41) is 2.65. The first-order valence-corrected chi connectivity index (χ1v) is 7.77. The minimum absolute atomic E-state index is 0.399. The van der Waals surface area contributed by atoms with E-state index in [1.54, 1.807) is 31.2 Å². The Morgan fingerprint density at radius 3 is 2.33 bits per heavy atom. The third-order valence-corrected chi connectivity index (χ3v) is 3.93. The molecule has 0 aromatic heterocycles. The number of aryl methyl sites for hydroxylation is 1. The van der Waals surface area contributed by atoms with Gasteiger partial charge in [0.15, 0.2) is 6.10 Å². The van der Waals surface area contributed by atoms with E-state index in [0.717, 1.165) is 11.1 Å². The fourth-order valence-corrected chi connectivity index (χ4v) is 2.32. The van der Waals surface area contributed by atoms with Gasteiger partial charge in [0.25, 0.3) is 5.91 Å². The molecule has 0 radical (unpaired) electrons. The average Bonchev–Trinajstić information content (AvgIpc) is 2.57. The Balaban J connectivity index is 2.09. The summed E-state index contributed by atoms with van der Waals surface area (Å²) < 4.78 is 5.74. The van der Waals surface area contributed by atoms with Gasteiger partial charge in [0, 0.05) is 0 Å². The molecule has 2 amide bonds. The first-order chi connectivity index (χ1) is 11.4. The van der Waals surface area contributed by atoms with Gasteiger partial charge in [-0.25, -0.2) is 0 Å². The number of amides is 2. The van der Waals surface area contributed by atoms with E-state index in [4.69, 9.17) is 10.5 Å². The predicted molar refractivity (Wildman–Crippen MR) is 92.5 cm³/mol. The Morgan fingerprint density at radius 2 is 1.71 bits per heavy atom. The molecule has 0 spiro atoms. The number of carbonyl (C=O) groups is 2. The Hall–Kier alpha value is -2.82. The standard InChI is InChI=1S/C19H22N2O3/c1-12-8-7-11-16(13(12)2)24-14(3)19(23)21-17(18(20)22)15-9-5-4-6-10-15/h4-11,14,17H,1-3H3,(H2,20,22)(H,21,23)/t14-,17-/m0/s1. The normalized spacial score (nSPS) is 13.0. The highest BCUT2D eigenvalue weighted by molar-refractivity contribution is 5.89. The number of hydrogen-bond acceptors (Lipinski definition) is 3. The second-order valence-corrected chi connectivity index (χ2v) is 5.71. The molecule has 2 atom stereocenters. The van der Waals surface area contributed by atoms with Gasteiger partial charge in [0.05, 0.1) is 0 Å². The Kier molecular flexibility index (Phi) is 5.58. The number of hydrogen-bond donors (Lipinski definition) is 2. The van der Waals surface area contributed by atoms with Crippen LogP contribution in [0.1, 0.15) is 29.7 Å². The van der Waals surface area contributed by atoms with Crippen LogP contribution in [0.3, 0.4) is 0 Å². The summed E-state index contributed by atoms with van der Waals surface area (Å²) in [7, 11) is 0. The van der Waals surface area contributed by atoms with Crippen molar-refractivity contribution in [2.45, 2.75) is 32.9 Å². The lowest BCUT2D eigenvalue weighted by Gasteiger charge is -2.20. The minimum atomic E-state index is -0.886. The quantitative estimate of drug-likeness (QED) is 0.855. The van der Waals surface area contributed by atoms with Crippen LogP contribution in [0.4, 0.5) is 0 Å². The SMILES string of the molecule is Cc1cccc(O[C@@H](C)C(=O)N[C@H](C(N)=O)c2ccccc2)c1C. The summed E-state index contributed by atoms with van der Waals surface area (Å²) >= 11 is 0. The maximum atomic E-state index is 12.4. The van der Waals surface area contributed by atoms with Crippen molar-refractivity contribution in [2.75, 3.05) is 0 Å². The van der Waals surface area contributed by atoms with Crippen molar-refractivity contribution in [3.63, 3.8) is 0 Å². The lowest BCUT2D eigenvalue weighted by atomic mass is 10.1. The topological polar surface area (TPSA) is 81.4 Å². The molecule has 0 aliphatic carbocycles. The van der Waals surface area contributed by atoms with E-state index >= 15 is 0 Å². The van der Waals surface area contributed by atoms with Crippen LogP contribution in [0.25, 0.3) is 0 Å². The van der Waals surface area contributed by atoms with E-state index in [2.05, 4.69) is 5.32 Å². The zero-order chi connectivity index (χ0) is 17.7. The highest BCUT2D eigenvalue weighted by atomic mass is 16.5. The first kappa shape index (κ1) is 17.5. The van der Waals surface area contributed by atoms with Crippen molar-refractivity contribution in [2.24, 2.45) is 5.73 Å². The van der Waals surface area contributed by atoms with E-state index in [-0.39, 0.29) is 0 Å². The van der Waals surface area contributed by atoms with Crippen LogP contribution >= 0.6 is 0 Å². The number of carbonyl (C=O) groups excluding carboxylic acids is 2. The van der Waals surface area contributed by atoms with E-state index in [1.165, 1.54) is 0 Å². The van der Waals surface area contributed by atoms with Crippen molar-refractivity contribution >= 4 is 11.8 Å². The van der Waals surface area contributed by atoms with Crippen molar-refractivity contribution in [3.8, 4) is 5.75 Å². The zero-order valence-electron chi connectivity index (χ0n) is 14.1. The number of nitrogens with one attached hydrogen (secondary N) is 1. The minimum Gasteiger partial charge on any atom is -0.481 e. The van der Waals surface area contributed by atoms with Crippen LogP contribution < -0.4 is 15.8 Å². The van der Waals surface area contributed by atoms with Gasteiger partial charge in [-0.15, -0.1) is 0 Å². The monoisotopic (exact) mass is 326 g/mol. The van der Waals surface area contributed by atoms with Gasteiger partial charge in [-0.1, -0.05) is 42.5 Å². The van der Waals surface area contributed by atoms with Gasteiger partial charge in [-0.05, 0) is 43.5 Å². The van der Waals surface area contributed by atoms with Crippen molar-refractivity contribution in [1.29, 1.82) is 0 Å². The number of ether oxygens (including phenoxy) is 1. The van der Waals surface area contributed by atoms with Gasteiger partial charge < -0.3 is 15.8 Å². The van der Waals surface area contributed by atoms with E-state index in [9.17, 15) is 9.59 Å². The Morgan fingerprint density at radius 1 is 1.04 bits per heavy atom. The van der Waals surface area contributed by atoms with E-state index in [0.29, 0.717) is 11.3 Å². The molecule has 2 aromatic carbocycles. The molecule has 0 unspecified atom stereocenters. The molecule has 2 rings (SSSR count). The number of rotatable bonds is 6. The van der Waals surface area contributed by atoms with Crippen LogP contribution in [0.15, 0.2) is 48.5 Å². The molecule has 2 aromatic rings. The molecule has 0 fully saturated rings. The molecule has 0 saturated heterocycles.